The fourth-order valence-electron chi connectivity index (χ4n) is 5.31. The van der Waals surface area contributed by atoms with Gasteiger partial charge in [-0.25, -0.2) is 0 Å². The number of unbranched alkanes of at least 4 members (excludes halogenated alkanes) is 1. The van der Waals surface area contributed by atoms with Crippen molar-refractivity contribution in [3.63, 3.8) is 0 Å². The molecule has 0 unspecified atom stereocenters. The molecule has 234 valence electrons. The van der Waals surface area contributed by atoms with Crippen molar-refractivity contribution in [2.24, 2.45) is 0 Å². The van der Waals surface area contributed by atoms with Crippen LogP contribution in [0.1, 0.15) is 31.2 Å². The molecule has 0 radical (unpaired) electrons. The molecule has 11 nitrogen and oxygen atoms in total. The molecule has 14 heteroatoms. The van der Waals surface area contributed by atoms with Crippen LogP contribution in [-0.2, 0) is 26.8 Å². The Hall–Kier alpha value is -4.19. The van der Waals surface area contributed by atoms with Gasteiger partial charge in [0.1, 0.15) is 11.9 Å². The van der Waals surface area contributed by atoms with Gasteiger partial charge in [0.25, 0.3) is 25.8 Å². The van der Waals surface area contributed by atoms with Crippen LogP contribution in [0.4, 0.5) is 11.4 Å². The summed E-state index contributed by atoms with van der Waals surface area (Å²) < 4.78 is 73.6. The number of nitrogens with zero attached hydrogens (tertiary/aromatic N) is 4. The summed E-state index contributed by atoms with van der Waals surface area (Å²) in [5, 5.41) is 9.71. The van der Waals surface area contributed by atoms with Crippen molar-refractivity contribution in [1.82, 2.24) is 0 Å². The third-order valence-corrected chi connectivity index (χ3v) is 8.99. The average Bonchev–Trinajstić information content (AvgIpc) is 3.47. The molecule has 3 aromatic carbocycles. The normalized spacial score (nSPS) is 14.5. The first-order valence-corrected chi connectivity index (χ1v) is 17.6. The Bertz CT molecular complexity index is 2070. The maximum atomic E-state index is 12.0. The Morgan fingerprint density at radius 1 is 0.956 bits per heavy atom. The minimum Gasteiger partial charge on any atom is -0.398 e. The van der Waals surface area contributed by atoms with Crippen molar-refractivity contribution in [2.75, 3.05) is 28.0 Å². The zero-order chi connectivity index (χ0) is 32.4. The molecule has 1 aliphatic heterocycles. The SMILES string of the molecule is CCN1C(=CC=Cc2oc3ccc(-c4ccccc4)cc3[n+]2CCCCS(=O)(=O)O)N(CS(=O)(=O)O)c2cc(C#N)c(Cl)cc21. The Kier molecular flexibility index (Phi) is 9.33. The van der Waals surface area contributed by atoms with Gasteiger partial charge in [-0.2, -0.15) is 26.7 Å². The van der Waals surface area contributed by atoms with E-state index in [1.807, 2.05) is 71.0 Å². The van der Waals surface area contributed by atoms with Gasteiger partial charge in [-0.15, -0.1) is 0 Å². The highest BCUT2D eigenvalue weighted by Gasteiger charge is 2.34. The van der Waals surface area contributed by atoms with Gasteiger partial charge in [-0.3, -0.25) is 9.11 Å². The standard InChI is InChI=1S/C31H29ClN4O7S2/c1-2-34-27-19-25(32)24(20-33)18-26(27)36(21-45(40,41)42)30(34)11-8-12-31-35(15-6-7-16-44(37,38)39)28-17-23(13-14-29(28)43-31)22-9-4-3-5-10-22/h3-5,8-14,17-19H,2,6-7,15-16,21H2,1H3,(H-,37,38,39,40,41,42)/p+1. The molecule has 0 amide bonds. The summed E-state index contributed by atoms with van der Waals surface area (Å²) in [6.45, 7) is 2.69. The van der Waals surface area contributed by atoms with E-state index in [9.17, 15) is 31.2 Å². The van der Waals surface area contributed by atoms with Gasteiger partial charge in [0.05, 0.1) is 33.8 Å². The second-order valence-electron chi connectivity index (χ2n) is 10.3. The highest BCUT2D eigenvalue weighted by molar-refractivity contribution is 7.86. The van der Waals surface area contributed by atoms with E-state index in [0.29, 0.717) is 48.2 Å². The fraction of sp³-hybridized carbons (Fsp3) is 0.226. The van der Waals surface area contributed by atoms with E-state index in [0.717, 1.165) is 16.6 Å². The molecule has 0 saturated carbocycles. The van der Waals surface area contributed by atoms with Crippen LogP contribution < -0.4 is 14.4 Å². The smallest absolute Gasteiger partial charge is 0.374 e. The van der Waals surface area contributed by atoms with Crippen molar-refractivity contribution < 1.29 is 34.9 Å². The predicted molar refractivity (Wildman–Crippen MR) is 173 cm³/mol. The van der Waals surface area contributed by atoms with E-state index in [1.165, 1.54) is 11.0 Å². The van der Waals surface area contributed by atoms with Gasteiger partial charge < -0.3 is 14.2 Å². The number of rotatable bonds is 11. The summed E-state index contributed by atoms with van der Waals surface area (Å²) >= 11 is 6.30. The molecule has 0 fully saturated rings. The zero-order valence-corrected chi connectivity index (χ0v) is 26.6. The molecule has 0 atom stereocenters. The van der Waals surface area contributed by atoms with Gasteiger partial charge in [0.2, 0.25) is 5.58 Å². The molecule has 0 aliphatic carbocycles. The number of aryl methyl sites for hydroxylation is 1. The number of benzene rings is 3. The molecule has 4 aromatic rings. The number of hydrogen-bond donors (Lipinski definition) is 2. The Morgan fingerprint density at radius 2 is 1.69 bits per heavy atom. The third kappa shape index (κ3) is 7.38. The lowest BCUT2D eigenvalue weighted by Crippen LogP contribution is -2.35. The highest BCUT2D eigenvalue weighted by Crippen LogP contribution is 2.44. The lowest BCUT2D eigenvalue weighted by Gasteiger charge is -2.23. The zero-order valence-electron chi connectivity index (χ0n) is 24.2. The molecule has 1 aliphatic rings. The molecule has 0 spiro atoms. The first-order chi connectivity index (χ1) is 21.4. The molecular weight excluding hydrogens is 640 g/mol. The van der Waals surface area contributed by atoms with Crippen LogP contribution in [-0.4, -0.2) is 44.1 Å². The number of hydrogen-bond acceptors (Lipinski definition) is 8. The van der Waals surface area contributed by atoms with Crippen LogP contribution in [0.3, 0.4) is 0 Å². The van der Waals surface area contributed by atoms with Crippen molar-refractivity contribution in [3.8, 4) is 17.2 Å². The maximum absolute atomic E-state index is 12.0. The molecule has 2 heterocycles. The van der Waals surface area contributed by atoms with Crippen LogP contribution in [0.25, 0.3) is 28.3 Å². The van der Waals surface area contributed by atoms with Crippen molar-refractivity contribution in [2.45, 2.75) is 26.3 Å². The Morgan fingerprint density at radius 3 is 2.36 bits per heavy atom. The molecule has 2 N–H and O–H groups in total. The van der Waals surface area contributed by atoms with E-state index in [1.54, 1.807) is 24.3 Å². The van der Waals surface area contributed by atoms with Crippen LogP contribution in [0, 0.1) is 11.3 Å². The first-order valence-electron chi connectivity index (χ1n) is 14.0. The number of allylic oxidation sites excluding steroid dienone is 2. The van der Waals surface area contributed by atoms with Gasteiger partial charge >= 0.3 is 5.89 Å². The van der Waals surface area contributed by atoms with E-state index in [4.69, 9.17) is 16.0 Å². The molecule has 0 bridgehead atoms. The highest BCUT2D eigenvalue weighted by atomic mass is 35.5. The summed E-state index contributed by atoms with van der Waals surface area (Å²) in [6, 6.07) is 20.7. The van der Waals surface area contributed by atoms with Gasteiger partial charge in [0.15, 0.2) is 12.4 Å². The maximum Gasteiger partial charge on any atom is 0.374 e. The van der Waals surface area contributed by atoms with Gasteiger partial charge in [0, 0.05) is 19.0 Å². The number of halogens is 1. The van der Waals surface area contributed by atoms with E-state index in [-0.39, 0.29) is 22.8 Å². The van der Waals surface area contributed by atoms with E-state index < -0.39 is 26.1 Å². The van der Waals surface area contributed by atoms with Crippen LogP contribution in [0.2, 0.25) is 5.02 Å². The molecule has 45 heavy (non-hydrogen) atoms. The topological polar surface area (TPSA) is 156 Å². The second-order valence-corrected chi connectivity index (χ2v) is 13.7. The average molecular weight is 670 g/mol. The number of nitriles is 1. The summed E-state index contributed by atoms with van der Waals surface area (Å²) in [6.07, 6.45) is 5.73. The molecular formula is C31H30ClN4O7S2+. The lowest BCUT2D eigenvalue weighted by molar-refractivity contribution is -0.678. The number of oxazole rings is 1. The van der Waals surface area contributed by atoms with Gasteiger partial charge in [-0.05, 0) is 54.8 Å². The summed E-state index contributed by atoms with van der Waals surface area (Å²) in [7, 11) is -8.55. The van der Waals surface area contributed by atoms with Gasteiger partial charge in [-0.1, -0.05) is 48.0 Å². The lowest BCUT2D eigenvalue weighted by atomic mass is 10.1. The summed E-state index contributed by atoms with van der Waals surface area (Å²) in [5.41, 5.74) is 4.51. The largest absolute Gasteiger partial charge is 0.398 e. The number of aromatic nitrogens is 1. The predicted octanol–water partition coefficient (Wildman–Crippen LogP) is 5.63. The minimum atomic E-state index is -4.46. The quantitative estimate of drug-likeness (QED) is 0.117. The molecule has 0 saturated heterocycles. The van der Waals surface area contributed by atoms with Crippen LogP contribution >= 0.6 is 11.6 Å². The second kappa shape index (κ2) is 13.0. The number of anilines is 2. The first kappa shape index (κ1) is 32.2. The summed E-state index contributed by atoms with van der Waals surface area (Å²) in [4.78, 5) is 3.20. The van der Waals surface area contributed by atoms with E-state index in [2.05, 4.69) is 0 Å². The summed E-state index contributed by atoms with van der Waals surface area (Å²) in [5.74, 6) is -0.225. The number of fused-ring (bicyclic) bond motifs is 2. The molecule has 5 rings (SSSR count). The molecule has 1 aromatic heterocycles. The monoisotopic (exact) mass is 669 g/mol. The third-order valence-electron chi connectivity index (χ3n) is 7.28. The minimum absolute atomic E-state index is 0.163. The van der Waals surface area contributed by atoms with Crippen molar-refractivity contribution >= 4 is 60.4 Å². The van der Waals surface area contributed by atoms with Crippen LogP contribution in [0.15, 0.2) is 83.1 Å². The fourth-order valence-corrected chi connectivity index (χ4v) is 6.68. The van der Waals surface area contributed by atoms with Crippen LogP contribution in [0.5, 0.6) is 0 Å². The van der Waals surface area contributed by atoms with Crippen molar-refractivity contribution in [3.05, 3.63) is 95.1 Å². The van der Waals surface area contributed by atoms with Crippen molar-refractivity contribution in [1.29, 1.82) is 5.26 Å². The van der Waals surface area contributed by atoms with E-state index >= 15 is 0 Å². The Labute approximate surface area is 266 Å². The Balaban J connectivity index is 1.55.